The van der Waals surface area contributed by atoms with Gasteiger partial charge in [0.25, 0.3) is 0 Å². The molecule has 2 atom stereocenters. The summed E-state index contributed by atoms with van der Waals surface area (Å²) in [5.41, 5.74) is 0. The Morgan fingerprint density at radius 3 is 2.27 bits per heavy atom. The van der Waals surface area contributed by atoms with Crippen LogP contribution in [0.2, 0.25) is 0 Å². The van der Waals surface area contributed by atoms with Crippen molar-refractivity contribution in [2.45, 2.75) is 39.3 Å². The van der Waals surface area contributed by atoms with E-state index in [0.29, 0.717) is 12.1 Å². The Balaban J connectivity index is 2.19. The Morgan fingerprint density at radius 1 is 1.13 bits per heavy atom. The van der Waals surface area contributed by atoms with E-state index in [1.165, 1.54) is 32.6 Å². The van der Waals surface area contributed by atoms with Crippen LogP contribution in [0, 0.1) is 0 Å². The quantitative estimate of drug-likeness (QED) is 0.735. The van der Waals surface area contributed by atoms with Crippen LogP contribution in [0.15, 0.2) is 0 Å². The maximum atomic E-state index is 3.59. The van der Waals surface area contributed by atoms with E-state index in [1.54, 1.807) is 0 Å². The number of hydrogen-bond donors (Lipinski definition) is 1. The second-order valence-electron chi connectivity index (χ2n) is 4.91. The molecule has 0 amide bonds. The lowest BCUT2D eigenvalue weighted by Crippen LogP contribution is -2.51. The molecule has 0 aromatic rings. The van der Waals surface area contributed by atoms with Gasteiger partial charge in [-0.05, 0) is 27.3 Å². The van der Waals surface area contributed by atoms with E-state index in [1.807, 2.05) is 0 Å². The van der Waals surface area contributed by atoms with E-state index in [2.05, 4.69) is 42.9 Å². The van der Waals surface area contributed by atoms with Crippen LogP contribution in [0.25, 0.3) is 0 Å². The van der Waals surface area contributed by atoms with Crippen molar-refractivity contribution < 1.29 is 0 Å². The fourth-order valence-corrected chi connectivity index (χ4v) is 1.91. The molecule has 1 N–H and O–H groups in total. The molecule has 15 heavy (non-hydrogen) atoms. The molecular weight excluding hydrogens is 186 g/mol. The monoisotopic (exact) mass is 213 g/mol. The summed E-state index contributed by atoms with van der Waals surface area (Å²) in [4.78, 5) is 5.00. The summed E-state index contributed by atoms with van der Waals surface area (Å²) in [6.45, 7) is 12.8. The molecule has 2 unspecified atom stereocenters. The number of nitrogens with one attached hydrogen (secondary N) is 1. The summed E-state index contributed by atoms with van der Waals surface area (Å²) in [5, 5.41) is 3.59. The van der Waals surface area contributed by atoms with Gasteiger partial charge in [-0.1, -0.05) is 6.92 Å². The van der Waals surface area contributed by atoms with Crippen molar-refractivity contribution in [3.8, 4) is 0 Å². The summed E-state index contributed by atoms with van der Waals surface area (Å²) in [6, 6.07) is 1.33. The Bertz CT molecular complexity index is 164. The zero-order valence-electron chi connectivity index (χ0n) is 10.8. The minimum absolute atomic E-state index is 0.653. The van der Waals surface area contributed by atoms with Gasteiger partial charge in [-0.2, -0.15) is 0 Å². The fourth-order valence-electron chi connectivity index (χ4n) is 1.91. The van der Waals surface area contributed by atoms with Crippen molar-refractivity contribution in [3.63, 3.8) is 0 Å². The first kappa shape index (κ1) is 12.9. The maximum absolute atomic E-state index is 3.59. The molecule has 1 saturated heterocycles. The van der Waals surface area contributed by atoms with Gasteiger partial charge < -0.3 is 10.2 Å². The van der Waals surface area contributed by atoms with Crippen LogP contribution in [-0.2, 0) is 0 Å². The predicted molar refractivity (Wildman–Crippen MR) is 66.3 cm³/mol. The third-order valence-electron chi connectivity index (χ3n) is 3.54. The molecule has 1 aliphatic rings. The third kappa shape index (κ3) is 4.49. The third-order valence-corrected chi connectivity index (χ3v) is 3.54. The normalized spacial score (nSPS) is 24.0. The Hall–Kier alpha value is -0.120. The molecule has 0 aromatic carbocycles. The highest BCUT2D eigenvalue weighted by Gasteiger charge is 2.18. The topological polar surface area (TPSA) is 18.5 Å². The first-order chi connectivity index (χ1) is 7.13. The average Bonchev–Trinajstić information content (AvgIpc) is 2.26. The van der Waals surface area contributed by atoms with Gasteiger partial charge in [0, 0.05) is 44.8 Å². The second kappa shape index (κ2) is 6.46. The van der Waals surface area contributed by atoms with Gasteiger partial charge in [0.1, 0.15) is 0 Å². The Morgan fingerprint density at radius 2 is 1.73 bits per heavy atom. The lowest BCUT2D eigenvalue weighted by atomic mass is 10.2. The Kier molecular flexibility index (Phi) is 5.58. The highest BCUT2D eigenvalue weighted by atomic mass is 15.3. The van der Waals surface area contributed by atoms with Gasteiger partial charge in [-0.3, -0.25) is 4.90 Å². The molecular formula is C12H27N3. The molecule has 1 fully saturated rings. The zero-order chi connectivity index (χ0) is 11.3. The lowest BCUT2D eigenvalue weighted by Gasteiger charge is -2.36. The number of likely N-dealkylation sites (N-methyl/N-ethyl adjacent to an activating group) is 1. The molecule has 0 bridgehead atoms. The molecule has 0 aromatic heterocycles. The molecule has 90 valence electrons. The van der Waals surface area contributed by atoms with Gasteiger partial charge in [0.2, 0.25) is 0 Å². The molecule has 1 rings (SSSR count). The molecule has 0 spiro atoms. The van der Waals surface area contributed by atoms with Gasteiger partial charge in [0.15, 0.2) is 0 Å². The molecule has 1 aliphatic heterocycles. The van der Waals surface area contributed by atoms with Crippen LogP contribution >= 0.6 is 0 Å². The molecule has 1 heterocycles. The molecule has 0 saturated carbocycles. The fraction of sp³-hybridized carbons (Fsp3) is 1.00. The van der Waals surface area contributed by atoms with E-state index in [0.717, 1.165) is 6.54 Å². The van der Waals surface area contributed by atoms with Crippen molar-refractivity contribution in [3.05, 3.63) is 0 Å². The first-order valence-corrected chi connectivity index (χ1v) is 6.29. The van der Waals surface area contributed by atoms with Crippen molar-refractivity contribution >= 4 is 0 Å². The van der Waals surface area contributed by atoms with Gasteiger partial charge >= 0.3 is 0 Å². The highest BCUT2D eigenvalue weighted by Crippen LogP contribution is 2.04. The number of piperazine rings is 1. The minimum atomic E-state index is 0.653. The number of hydrogen-bond acceptors (Lipinski definition) is 3. The minimum Gasteiger partial charge on any atom is -0.313 e. The largest absolute Gasteiger partial charge is 0.313 e. The second-order valence-corrected chi connectivity index (χ2v) is 4.91. The van der Waals surface area contributed by atoms with Gasteiger partial charge in [-0.25, -0.2) is 0 Å². The summed E-state index contributed by atoms with van der Waals surface area (Å²) in [5.74, 6) is 0. The molecule has 3 nitrogen and oxygen atoms in total. The van der Waals surface area contributed by atoms with Crippen molar-refractivity contribution in [2.75, 3.05) is 39.8 Å². The average molecular weight is 213 g/mol. The van der Waals surface area contributed by atoms with Crippen LogP contribution in [0.5, 0.6) is 0 Å². The standard InChI is InChI=1S/C12H27N3/c1-5-11(2)13-10-12(3)15-8-6-14(4)7-9-15/h11-13H,5-10H2,1-4H3. The van der Waals surface area contributed by atoms with E-state index < -0.39 is 0 Å². The maximum Gasteiger partial charge on any atom is 0.0193 e. The summed E-state index contributed by atoms with van der Waals surface area (Å²) >= 11 is 0. The molecule has 0 aliphatic carbocycles. The van der Waals surface area contributed by atoms with Crippen LogP contribution in [-0.4, -0.2) is 61.7 Å². The van der Waals surface area contributed by atoms with Crippen molar-refractivity contribution in [2.24, 2.45) is 0 Å². The highest BCUT2D eigenvalue weighted by molar-refractivity contribution is 4.76. The molecule has 3 heteroatoms. The van der Waals surface area contributed by atoms with Crippen molar-refractivity contribution in [1.29, 1.82) is 0 Å². The summed E-state index contributed by atoms with van der Waals surface area (Å²) < 4.78 is 0. The van der Waals surface area contributed by atoms with Crippen LogP contribution in [0.1, 0.15) is 27.2 Å². The van der Waals surface area contributed by atoms with Crippen LogP contribution in [0.4, 0.5) is 0 Å². The molecule has 0 radical (unpaired) electrons. The van der Waals surface area contributed by atoms with E-state index in [4.69, 9.17) is 0 Å². The summed E-state index contributed by atoms with van der Waals surface area (Å²) in [6.07, 6.45) is 1.22. The Labute approximate surface area is 94.8 Å². The predicted octanol–water partition coefficient (Wildman–Crippen LogP) is 1.01. The SMILES string of the molecule is CCC(C)NCC(C)N1CCN(C)CC1. The number of rotatable bonds is 5. The van der Waals surface area contributed by atoms with Crippen LogP contribution < -0.4 is 5.32 Å². The van der Waals surface area contributed by atoms with E-state index in [-0.39, 0.29) is 0 Å². The zero-order valence-corrected chi connectivity index (χ0v) is 10.8. The first-order valence-electron chi connectivity index (χ1n) is 6.29. The van der Waals surface area contributed by atoms with Gasteiger partial charge in [0.05, 0.1) is 0 Å². The van der Waals surface area contributed by atoms with Crippen LogP contribution in [0.3, 0.4) is 0 Å². The van der Waals surface area contributed by atoms with E-state index >= 15 is 0 Å². The van der Waals surface area contributed by atoms with Gasteiger partial charge in [-0.15, -0.1) is 0 Å². The lowest BCUT2D eigenvalue weighted by molar-refractivity contribution is 0.116. The van der Waals surface area contributed by atoms with E-state index in [9.17, 15) is 0 Å². The smallest absolute Gasteiger partial charge is 0.0193 e. The number of nitrogens with zero attached hydrogens (tertiary/aromatic N) is 2. The van der Waals surface area contributed by atoms with Crippen molar-refractivity contribution in [1.82, 2.24) is 15.1 Å². The summed E-state index contributed by atoms with van der Waals surface area (Å²) in [7, 11) is 2.21.